The van der Waals surface area contributed by atoms with Crippen molar-refractivity contribution in [2.45, 2.75) is 25.7 Å². The number of fused-ring (bicyclic) bond motifs is 1. The summed E-state index contributed by atoms with van der Waals surface area (Å²) in [5, 5.41) is 0.908. The standard InChI is InChI=1S/C14H14BrNO3/c15-9-5-1-2-8-12(17)16-11-7-4-3-6-10(11)13(18)14(16)19/h3-4,6-7H,1-2,5,8-9H2. The van der Waals surface area contributed by atoms with Gasteiger partial charge in [-0.2, -0.15) is 0 Å². The number of carbonyl (C=O) groups excluding carboxylic acids is 3. The molecule has 1 aliphatic rings. The van der Waals surface area contributed by atoms with Crippen molar-refractivity contribution in [3.05, 3.63) is 29.8 Å². The number of unbranched alkanes of at least 4 members (excludes halogenated alkanes) is 2. The molecular weight excluding hydrogens is 310 g/mol. The number of ketones is 1. The zero-order valence-electron chi connectivity index (χ0n) is 10.4. The molecule has 4 nitrogen and oxygen atoms in total. The molecule has 1 aromatic rings. The Kier molecular flexibility index (Phi) is 4.47. The molecule has 0 aromatic heterocycles. The highest BCUT2D eigenvalue weighted by molar-refractivity contribution is 9.09. The van der Waals surface area contributed by atoms with Crippen LogP contribution in [0, 0.1) is 0 Å². The normalized spacial score (nSPS) is 13.8. The van der Waals surface area contributed by atoms with Crippen molar-refractivity contribution in [2.75, 3.05) is 10.2 Å². The minimum atomic E-state index is -0.730. The molecule has 0 bridgehead atoms. The number of nitrogens with zero attached hydrogens (tertiary/aromatic N) is 1. The maximum atomic E-state index is 12.1. The number of Topliss-reactive ketones (excluding diaryl/α,β-unsaturated/α-hetero) is 1. The van der Waals surface area contributed by atoms with Crippen LogP contribution in [0.1, 0.15) is 36.0 Å². The molecule has 1 aliphatic heterocycles. The Balaban J connectivity index is 2.10. The van der Waals surface area contributed by atoms with E-state index in [0.717, 1.165) is 29.5 Å². The first-order chi connectivity index (χ1) is 9.16. The fraction of sp³-hybridized carbons (Fsp3) is 0.357. The minimum Gasteiger partial charge on any atom is -0.283 e. The highest BCUT2D eigenvalue weighted by Gasteiger charge is 2.38. The molecule has 1 heterocycles. The molecule has 0 N–H and O–H groups in total. The van der Waals surface area contributed by atoms with Crippen LogP contribution in [0.25, 0.3) is 0 Å². The van der Waals surface area contributed by atoms with E-state index in [-0.39, 0.29) is 5.91 Å². The first-order valence-electron chi connectivity index (χ1n) is 6.23. The molecule has 0 atom stereocenters. The van der Waals surface area contributed by atoms with Gasteiger partial charge in [0.25, 0.3) is 5.78 Å². The van der Waals surface area contributed by atoms with Crippen molar-refractivity contribution in [1.29, 1.82) is 0 Å². The second kappa shape index (κ2) is 6.10. The van der Waals surface area contributed by atoms with Crippen LogP contribution in [0.15, 0.2) is 24.3 Å². The summed E-state index contributed by atoms with van der Waals surface area (Å²) in [6.45, 7) is 0. The molecule has 0 spiro atoms. The zero-order valence-corrected chi connectivity index (χ0v) is 12.0. The predicted octanol–water partition coefficient (Wildman–Crippen LogP) is 2.70. The lowest BCUT2D eigenvalue weighted by molar-refractivity contribution is -0.124. The van der Waals surface area contributed by atoms with Crippen molar-refractivity contribution in [2.24, 2.45) is 0 Å². The van der Waals surface area contributed by atoms with Crippen LogP contribution in [0.5, 0.6) is 0 Å². The Morgan fingerprint density at radius 1 is 1.11 bits per heavy atom. The number of hydrogen-bond acceptors (Lipinski definition) is 3. The Labute approximate surface area is 119 Å². The summed E-state index contributed by atoms with van der Waals surface area (Å²) in [6, 6.07) is 6.62. The fourth-order valence-corrected chi connectivity index (χ4v) is 2.49. The van der Waals surface area contributed by atoms with E-state index >= 15 is 0 Å². The molecule has 0 unspecified atom stereocenters. The first-order valence-corrected chi connectivity index (χ1v) is 7.35. The summed E-state index contributed by atoms with van der Waals surface area (Å²) in [6.07, 6.45) is 2.94. The largest absolute Gasteiger partial charge is 0.306 e. The number of alkyl halides is 1. The van der Waals surface area contributed by atoms with Gasteiger partial charge in [0, 0.05) is 11.8 Å². The maximum absolute atomic E-state index is 12.1. The van der Waals surface area contributed by atoms with Crippen LogP contribution in [0.3, 0.4) is 0 Å². The number of anilines is 1. The molecule has 100 valence electrons. The average molecular weight is 324 g/mol. The third-order valence-electron chi connectivity index (χ3n) is 3.06. The summed E-state index contributed by atoms with van der Waals surface area (Å²) in [5.41, 5.74) is 0.740. The zero-order chi connectivity index (χ0) is 13.8. The molecule has 1 aromatic carbocycles. The van der Waals surface area contributed by atoms with Crippen LogP contribution in [-0.2, 0) is 9.59 Å². The molecule has 2 amide bonds. The molecule has 2 rings (SSSR count). The highest BCUT2D eigenvalue weighted by atomic mass is 79.9. The van der Waals surface area contributed by atoms with Gasteiger partial charge >= 0.3 is 5.91 Å². The van der Waals surface area contributed by atoms with Gasteiger partial charge in [0.1, 0.15) is 0 Å². The quantitative estimate of drug-likeness (QED) is 0.475. The van der Waals surface area contributed by atoms with Crippen LogP contribution in [0.4, 0.5) is 5.69 Å². The second-order valence-corrected chi connectivity index (χ2v) is 5.17. The number of para-hydroxylation sites is 1. The van der Waals surface area contributed by atoms with E-state index < -0.39 is 11.7 Å². The van der Waals surface area contributed by atoms with E-state index in [0.29, 0.717) is 17.7 Å². The van der Waals surface area contributed by atoms with E-state index in [1.54, 1.807) is 24.3 Å². The fourth-order valence-electron chi connectivity index (χ4n) is 2.09. The Bertz CT molecular complexity index is 527. The summed E-state index contributed by atoms with van der Waals surface area (Å²) < 4.78 is 0. The average Bonchev–Trinajstić information content (AvgIpc) is 2.68. The number of amides is 2. The monoisotopic (exact) mass is 323 g/mol. The topological polar surface area (TPSA) is 54.5 Å². The molecule has 5 heteroatoms. The first kappa shape index (κ1) is 13.9. The van der Waals surface area contributed by atoms with Crippen LogP contribution >= 0.6 is 15.9 Å². The van der Waals surface area contributed by atoms with Crippen molar-refractivity contribution in [3.63, 3.8) is 0 Å². The lowest BCUT2D eigenvalue weighted by Crippen LogP contribution is -2.35. The Morgan fingerprint density at radius 3 is 2.58 bits per heavy atom. The van der Waals surface area contributed by atoms with Gasteiger partial charge in [0.2, 0.25) is 5.91 Å². The molecular formula is C14H14BrNO3. The van der Waals surface area contributed by atoms with Gasteiger partial charge in [0.05, 0.1) is 11.3 Å². The molecule has 0 radical (unpaired) electrons. The van der Waals surface area contributed by atoms with Gasteiger partial charge in [-0.15, -0.1) is 0 Å². The molecule has 19 heavy (non-hydrogen) atoms. The highest BCUT2D eigenvalue weighted by Crippen LogP contribution is 2.29. The number of rotatable bonds is 5. The third kappa shape index (κ3) is 2.76. The third-order valence-corrected chi connectivity index (χ3v) is 3.62. The Hall–Kier alpha value is -1.49. The van der Waals surface area contributed by atoms with E-state index in [2.05, 4.69) is 15.9 Å². The summed E-state index contributed by atoms with van der Waals surface area (Å²) in [4.78, 5) is 36.7. The van der Waals surface area contributed by atoms with Gasteiger partial charge in [0.15, 0.2) is 0 Å². The number of imide groups is 1. The summed E-state index contributed by atoms with van der Waals surface area (Å²) in [7, 11) is 0. The number of halogens is 1. The van der Waals surface area contributed by atoms with E-state index in [1.807, 2.05) is 0 Å². The maximum Gasteiger partial charge on any atom is 0.306 e. The van der Waals surface area contributed by atoms with Crippen LogP contribution in [-0.4, -0.2) is 22.9 Å². The predicted molar refractivity (Wildman–Crippen MR) is 75.5 cm³/mol. The molecule has 0 aliphatic carbocycles. The second-order valence-electron chi connectivity index (χ2n) is 4.38. The lowest BCUT2D eigenvalue weighted by atomic mass is 10.1. The van der Waals surface area contributed by atoms with Crippen molar-refractivity contribution in [3.8, 4) is 0 Å². The van der Waals surface area contributed by atoms with E-state index in [1.165, 1.54) is 0 Å². The smallest absolute Gasteiger partial charge is 0.283 e. The van der Waals surface area contributed by atoms with Crippen LogP contribution in [0.2, 0.25) is 0 Å². The van der Waals surface area contributed by atoms with Gasteiger partial charge in [-0.1, -0.05) is 34.5 Å². The van der Waals surface area contributed by atoms with Gasteiger partial charge in [-0.25, -0.2) is 4.90 Å². The summed E-state index contributed by atoms with van der Waals surface area (Å²) >= 11 is 3.33. The summed E-state index contributed by atoms with van der Waals surface area (Å²) in [5.74, 6) is -1.62. The van der Waals surface area contributed by atoms with Crippen LogP contribution < -0.4 is 4.90 Å². The molecule has 0 saturated carbocycles. The molecule has 0 fully saturated rings. The van der Waals surface area contributed by atoms with Gasteiger partial charge in [-0.3, -0.25) is 14.4 Å². The SMILES string of the molecule is O=C1C(=O)N(C(=O)CCCCCBr)c2ccccc21. The molecule has 0 saturated heterocycles. The van der Waals surface area contributed by atoms with Crippen molar-refractivity contribution >= 4 is 39.2 Å². The lowest BCUT2D eigenvalue weighted by Gasteiger charge is -2.14. The minimum absolute atomic E-state index is 0.292. The number of benzene rings is 1. The van der Waals surface area contributed by atoms with E-state index in [9.17, 15) is 14.4 Å². The number of carbonyl (C=O) groups is 3. The Morgan fingerprint density at radius 2 is 1.84 bits per heavy atom. The van der Waals surface area contributed by atoms with Gasteiger partial charge < -0.3 is 0 Å². The van der Waals surface area contributed by atoms with Gasteiger partial charge in [-0.05, 0) is 25.0 Å². The van der Waals surface area contributed by atoms with Crippen molar-refractivity contribution < 1.29 is 14.4 Å². The number of hydrogen-bond donors (Lipinski definition) is 0. The van der Waals surface area contributed by atoms with E-state index in [4.69, 9.17) is 0 Å². The van der Waals surface area contributed by atoms with Crippen molar-refractivity contribution in [1.82, 2.24) is 0 Å².